The number of carbonyl (C=O) groups excluding carboxylic acids is 2. The molecule has 1 amide bonds. The van der Waals surface area contributed by atoms with E-state index in [0.717, 1.165) is 0 Å². The van der Waals surface area contributed by atoms with Gasteiger partial charge in [-0.2, -0.15) is 0 Å². The average Bonchev–Trinajstić information content (AvgIpc) is 2.46. The summed E-state index contributed by atoms with van der Waals surface area (Å²) in [7, 11) is 0. The van der Waals surface area contributed by atoms with Crippen molar-refractivity contribution >= 4 is 11.7 Å². The molecule has 2 rings (SSSR count). The molecule has 1 heterocycles. The summed E-state index contributed by atoms with van der Waals surface area (Å²) in [6, 6.07) is 8.74. The molecule has 1 atom stereocenters. The highest BCUT2D eigenvalue weighted by Gasteiger charge is 2.27. The zero-order valence-corrected chi connectivity index (χ0v) is 10.7. The molecule has 0 spiro atoms. The molecular formula is C14H18N2O3. The van der Waals surface area contributed by atoms with Crippen molar-refractivity contribution in [2.24, 2.45) is 5.73 Å². The van der Waals surface area contributed by atoms with Crippen molar-refractivity contribution in [3.05, 3.63) is 35.9 Å². The number of amides is 1. The molecule has 2 N–H and O–H groups in total. The third-order valence-electron chi connectivity index (χ3n) is 3.29. The van der Waals surface area contributed by atoms with Crippen LogP contribution in [0.25, 0.3) is 0 Å². The van der Waals surface area contributed by atoms with Gasteiger partial charge in [-0.1, -0.05) is 30.3 Å². The van der Waals surface area contributed by atoms with Crippen molar-refractivity contribution in [2.75, 3.05) is 26.3 Å². The van der Waals surface area contributed by atoms with Gasteiger partial charge in [0.1, 0.15) is 6.04 Å². The van der Waals surface area contributed by atoms with Crippen LogP contribution in [0.5, 0.6) is 0 Å². The van der Waals surface area contributed by atoms with E-state index in [1.54, 1.807) is 12.1 Å². The Labute approximate surface area is 112 Å². The van der Waals surface area contributed by atoms with Gasteiger partial charge in [-0.05, 0) is 0 Å². The van der Waals surface area contributed by atoms with E-state index in [1.807, 2.05) is 23.1 Å². The zero-order chi connectivity index (χ0) is 13.7. The highest BCUT2D eigenvalue weighted by Crippen LogP contribution is 2.09. The minimum Gasteiger partial charge on any atom is -0.378 e. The molecule has 1 fully saturated rings. The molecule has 102 valence electrons. The van der Waals surface area contributed by atoms with Crippen LogP contribution in [0, 0.1) is 0 Å². The smallest absolute Gasteiger partial charge is 0.237 e. The minimum atomic E-state index is -0.419. The third kappa shape index (κ3) is 3.62. The van der Waals surface area contributed by atoms with Gasteiger partial charge in [-0.15, -0.1) is 0 Å². The maximum Gasteiger partial charge on any atom is 0.237 e. The fourth-order valence-corrected chi connectivity index (χ4v) is 2.18. The average molecular weight is 262 g/mol. The van der Waals surface area contributed by atoms with Crippen LogP contribution in [0.15, 0.2) is 30.3 Å². The molecular weight excluding hydrogens is 244 g/mol. The first-order chi connectivity index (χ1) is 9.18. The molecule has 1 aliphatic heterocycles. The van der Waals surface area contributed by atoms with Crippen molar-refractivity contribution < 1.29 is 14.3 Å². The second-order valence-electron chi connectivity index (χ2n) is 4.57. The first-order valence-electron chi connectivity index (χ1n) is 6.38. The van der Waals surface area contributed by atoms with Gasteiger partial charge in [-0.3, -0.25) is 14.5 Å². The maximum absolute atomic E-state index is 12.0. The zero-order valence-electron chi connectivity index (χ0n) is 10.7. The molecule has 1 saturated heterocycles. The van der Waals surface area contributed by atoms with Crippen molar-refractivity contribution in [1.29, 1.82) is 0 Å². The van der Waals surface area contributed by atoms with Gasteiger partial charge >= 0.3 is 0 Å². The number of Topliss-reactive ketones (excluding diaryl/α,β-unsaturated/α-hetero) is 1. The molecule has 0 aliphatic carbocycles. The topological polar surface area (TPSA) is 72.6 Å². The summed E-state index contributed by atoms with van der Waals surface area (Å²) >= 11 is 0. The van der Waals surface area contributed by atoms with Crippen molar-refractivity contribution in [2.45, 2.75) is 12.5 Å². The van der Waals surface area contributed by atoms with Crippen LogP contribution >= 0.6 is 0 Å². The van der Waals surface area contributed by atoms with Crippen molar-refractivity contribution in [3.8, 4) is 0 Å². The van der Waals surface area contributed by atoms with E-state index < -0.39 is 11.9 Å². The molecule has 19 heavy (non-hydrogen) atoms. The van der Waals surface area contributed by atoms with E-state index in [9.17, 15) is 9.59 Å². The molecule has 5 heteroatoms. The molecule has 1 aliphatic rings. The summed E-state index contributed by atoms with van der Waals surface area (Å²) in [5.74, 6) is -0.317. The largest absolute Gasteiger partial charge is 0.378 e. The number of carbonyl (C=O) groups is 2. The van der Waals surface area contributed by atoms with E-state index >= 15 is 0 Å². The Morgan fingerprint density at radius 3 is 2.74 bits per heavy atom. The van der Waals surface area contributed by atoms with Gasteiger partial charge in [0, 0.05) is 25.1 Å². The number of hydrogen-bond acceptors (Lipinski definition) is 4. The molecule has 5 nitrogen and oxygen atoms in total. The molecule has 1 aromatic rings. The fourth-order valence-electron chi connectivity index (χ4n) is 2.18. The Balaban J connectivity index is 1.90. The highest BCUT2D eigenvalue weighted by atomic mass is 16.5. The van der Waals surface area contributed by atoms with Gasteiger partial charge < -0.3 is 10.5 Å². The lowest BCUT2D eigenvalue weighted by atomic mass is 10.1. The van der Waals surface area contributed by atoms with E-state index in [4.69, 9.17) is 10.5 Å². The number of hydrogen-bond donors (Lipinski definition) is 1. The predicted octanol–water partition coefficient (Wildman–Crippen LogP) is 0.446. The van der Waals surface area contributed by atoms with Crippen molar-refractivity contribution in [1.82, 2.24) is 4.90 Å². The maximum atomic E-state index is 12.0. The molecule has 0 aromatic heterocycles. The number of nitrogens with zero attached hydrogens (tertiary/aromatic N) is 1. The standard InChI is InChI=1S/C14H18N2O3/c15-14(18)12-10-19-9-8-16(12)7-6-13(17)11-4-2-1-3-5-11/h1-5,12H,6-10H2,(H2,15,18). The molecule has 0 radical (unpaired) electrons. The quantitative estimate of drug-likeness (QED) is 0.782. The van der Waals surface area contributed by atoms with Gasteiger partial charge in [0.2, 0.25) is 5.91 Å². The Kier molecular flexibility index (Phi) is 4.65. The third-order valence-corrected chi connectivity index (χ3v) is 3.29. The van der Waals surface area contributed by atoms with E-state index in [1.165, 1.54) is 0 Å². The lowest BCUT2D eigenvalue weighted by Crippen LogP contribution is -2.52. The molecule has 1 aromatic carbocycles. The van der Waals surface area contributed by atoms with Gasteiger partial charge in [0.05, 0.1) is 13.2 Å². The van der Waals surface area contributed by atoms with E-state index in [2.05, 4.69) is 0 Å². The van der Waals surface area contributed by atoms with E-state index in [0.29, 0.717) is 38.3 Å². The Bertz CT molecular complexity index is 447. The van der Waals surface area contributed by atoms with Crippen LogP contribution in [0.2, 0.25) is 0 Å². The van der Waals surface area contributed by atoms with Crippen LogP contribution < -0.4 is 5.73 Å². The summed E-state index contributed by atoms with van der Waals surface area (Å²) in [6.07, 6.45) is 0.383. The monoisotopic (exact) mass is 262 g/mol. The second-order valence-corrected chi connectivity index (χ2v) is 4.57. The summed E-state index contributed by atoms with van der Waals surface area (Å²) in [6.45, 7) is 2.05. The number of benzene rings is 1. The van der Waals surface area contributed by atoms with Crippen LogP contribution in [0.1, 0.15) is 16.8 Å². The first-order valence-corrected chi connectivity index (χ1v) is 6.38. The Morgan fingerprint density at radius 2 is 2.05 bits per heavy atom. The van der Waals surface area contributed by atoms with Crippen molar-refractivity contribution in [3.63, 3.8) is 0 Å². The van der Waals surface area contributed by atoms with Gasteiger partial charge in [0.25, 0.3) is 0 Å². The normalized spacial score (nSPS) is 20.1. The van der Waals surface area contributed by atoms with Crippen LogP contribution in [-0.4, -0.2) is 48.9 Å². The molecule has 0 bridgehead atoms. The Morgan fingerprint density at radius 1 is 1.32 bits per heavy atom. The number of nitrogens with two attached hydrogens (primary N) is 1. The summed E-state index contributed by atoms with van der Waals surface area (Å²) < 4.78 is 5.24. The van der Waals surface area contributed by atoms with Crippen LogP contribution in [0.3, 0.4) is 0 Å². The number of ketones is 1. The SMILES string of the molecule is NC(=O)C1COCCN1CCC(=O)c1ccccc1. The highest BCUT2D eigenvalue weighted by molar-refractivity contribution is 5.96. The Hall–Kier alpha value is -1.72. The fraction of sp³-hybridized carbons (Fsp3) is 0.429. The van der Waals surface area contributed by atoms with Crippen LogP contribution in [0.4, 0.5) is 0 Å². The summed E-state index contributed by atoms with van der Waals surface area (Å²) in [5, 5.41) is 0. The first kappa shape index (κ1) is 13.7. The number of primary amides is 1. The number of morpholine rings is 1. The lowest BCUT2D eigenvalue weighted by molar-refractivity contribution is -0.129. The minimum absolute atomic E-state index is 0.0790. The van der Waals surface area contributed by atoms with Gasteiger partial charge in [-0.25, -0.2) is 0 Å². The predicted molar refractivity (Wildman–Crippen MR) is 70.8 cm³/mol. The van der Waals surface area contributed by atoms with Gasteiger partial charge in [0.15, 0.2) is 5.78 Å². The van der Waals surface area contributed by atoms with E-state index in [-0.39, 0.29) is 5.78 Å². The molecule has 1 unspecified atom stereocenters. The van der Waals surface area contributed by atoms with Crippen LogP contribution in [-0.2, 0) is 9.53 Å². The summed E-state index contributed by atoms with van der Waals surface area (Å²) in [4.78, 5) is 25.2. The summed E-state index contributed by atoms with van der Waals surface area (Å²) in [5.41, 5.74) is 6.03. The second kappa shape index (κ2) is 6.45. The number of rotatable bonds is 5. The number of ether oxygens (including phenoxy) is 1. The lowest BCUT2D eigenvalue weighted by Gasteiger charge is -2.33. The molecule has 0 saturated carbocycles.